The molecule has 0 atom stereocenters. The predicted octanol–water partition coefficient (Wildman–Crippen LogP) is 5.43. The molecule has 4 rings (SSSR count). The van der Waals surface area contributed by atoms with Crippen molar-refractivity contribution in [1.29, 1.82) is 0 Å². The lowest BCUT2D eigenvalue weighted by molar-refractivity contribution is 0.101. The van der Waals surface area contributed by atoms with Gasteiger partial charge in [-0.2, -0.15) is 0 Å². The zero-order chi connectivity index (χ0) is 20.7. The fourth-order valence-electron chi connectivity index (χ4n) is 3.49. The number of Topliss-reactive ketones (excluding diaryl/α,β-unsaturated/α-hetero) is 1. The van der Waals surface area contributed by atoms with E-state index in [2.05, 4.69) is 15.3 Å². The van der Waals surface area contributed by atoms with Gasteiger partial charge in [0.2, 0.25) is 0 Å². The van der Waals surface area contributed by atoms with Crippen LogP contribution in [0, 0.1) is 26.6 Å². The van der Waals surface area contributed by atoms with E-state index in [9.17, 15) is 9.18 Å². The SMILES string of the molecule is CC(=O)c1ccc(Nc2nc(C)nc3c2c(C)c(C)n3-c2ccc(F)cc2)cc1. The Hall–Kier alpha value is -3.54. The van der Waals surface area contributed by atoms with Crippen molar-refractivity contribution in [3.05, 3.63) is 77.0 Å². The molecule has 6 heteroatoms. The Labute approximate surface area is 168 Å². The molecule has 0 saturated carbocycles. The van der Waals surface area contributed by atoms with Crippen LogP contribution >= 0.6 is 0 Å². The van der Waals surface area contributed by atoms with Gasteiger partial charge in [0.05, 0.1) is 5.39 Å². The van der Waals surface area contributed by atoms with Gasteiger partial charge in [-0.3, -0.25) is 9.36 Å². The fraction of sp³-hybridized carbons (Fsp3) is 0.174. The van der Waals surface area contributed by atoms with Gasteiger partial charge >= 0.3 is 0 Å². The zero-order valence-corrected chi connectivity index (χ0v) is 16.7. The molecule has 2 aromatic carbocycles. The summed E-state index contributed by atoms with van der Waals surface area (Å²) in [6, 6.07) is 13.7. The third kappa shape index (κ3) is 3.38. The van der Waals surface area contributed by atoms with Crippen molar-refractivity contribution in [3.63, 3.8) is 0 Å². The maximum absolute atomic E-state index is 13.4. The summed E-state index contributed by atoms with van der Waals surface area (Å²) >= 11 is 0. The molecule has 0 saturated heterocycles. The van der Waals surface area contributed by atoms with Crippen LogP contribution in [0.4, 0.5) is 15.9 Å². The Bertz CT molecular complexity index is 1220. The van der Waals surface area contributed by atoms with Crippen LogP contribution in [0.3, 0.4) is 0 Å². The number of halogens is 1. The lowest BCUT2D eigenvalue weighted by Gasteiger charge is -2.10. The minimum absolute atomic E-state index is 0.0275. The summed E-state index contributed by atoms with van der Waals surface area (Å²) in [5.41, 5.74) is 5.17. The van der Waals surface area contributed by atoms with Crippen molar-refractivity contribution in [2.45, 2.75) is 27.7 Å². The van der Waals surface area contributed by atoms with Gasteiger partial charge in [0.1, 0.15) is 17.5 Å². The number of nitrogens with one attached hydrogen (secondary N) is 1. The molecular weight excluding hydrogens is 367 g/mol. The van der Waals surface area contributed by atoms with Crippen LogP contribution in [-0.2, 0) is 0 Å². The Balaban J connectivity index is 1.86. The highest BCUT2D eigenvalue weighted by Gasteiger charge is 2.19. The van der Waals surface area contributed by atoms with Crippen molar-refractivity contribution in [3.8, 4) is 5.69 Å². The highest BCUT2D eigenvalue weighted by atomic mass is 19.1. The number of benzene rings is 2. The molecule has 2 heterocycles. The molecular formula is C23H21FN4O. The van der Waals surface area contributed by atoms with E-state index in [1.165, 1.54) is 12.1 Å². The second-order valence-corrected chi connectivity index (χ2v) is 7.10. The third-order valence-corrected chi connectivity index (χ3v) is 5.11. The van der Waals surface area contributed by atoms with Crippen LogP contribution in [-0.4, -0.2) is 20.3 Å². The van der Waals surface area contributed by atoms with Crippen LogP contribution in [0.1, 0.15) is 34.4 Å². The number of nitrogens with zero attached hydrogens (tertiary/aromatic N) is 3. The molecule has 0 fully saturated rings. The number of fused-ring (bicyclic) bond motifs is 1. The first-order chi connectivity index (χ1) is 13.8. The molecule has 4 aromatic rings. The van der Waals surface area contributed by atoms with Gasteiger partial charge in [-0.05, 0) is 81.8 Å². The number of carbonyl (C=O) groups is 1. The molecule has 0 aliphatic rings. The number of aryl methyl sites for hydroxylation is 2. The van der Waals surface area contributed by atoms with E-state index in [0.717, 1.165) is 33.7 Å². The van der Waals surface area contributed by atoms with Gasteiger partial charge in [-0.15, -0.1) is 0 Å². The topological polar surface area (TPSA) is 59.8 Å². The van der Waals surface area contributed by atoms with E-state index in [1.807, 2.05) is 37.5 Å². The van der Waals surface area contributed by atoms with Crippen LogP contribution in [0.25, 0.3) is 16.7 Å². The van der Waals surface area contributed by atoms with Crippen molar-refractivity contribution in [2.75, 3.05) is 5.32 Å². The zero-order valence-electron chi connectivity index (χ0n) is 16.7. The monoisotopic (exact) mass is 388 g/mol. The normalized spacial score (nSPS) is 11.1. The molecule has 29 heavy (non-hydrogen) atoms. The number of hydrogen-bond acceptors (Lipinski definition) is 4. The Morgan fingerprint density at radius 3 is 2.24 bits per heavy atom. The van der Waals surface area contributed by atoms with E-state index < -0.39 is 0 Å². The first-order valence-corrected chi connectivity index (χ1v) is 9.35. The van der Waals surface area contributed by atoms with Gasteiger partial charge < -0.3 is 5.32 Å². The minimum Gasteiger partial charge on any atom is -0.340 e. The number of carbonyl (C=O) groups excluding carboxylic acids is 1. The van der Waals surface area contributed by atoms with Crippen molar-refractivity contribution in [2.24, 2.45) is 0 Å². The molecule has 0 aliphatic carbocycles. The standard InChI is InChI=1S/C23H21FN4O/c1-13-14(2)28(20-11-7-18(24)8-12-20)23-21(13)22(25-16(4)26-23)27-19-9-5-17(6-10-19)15(3)29/h5-12H,1-4H3,(H,25,26,27). The molecule has 146 valence electrons. The van der Waals surface area contributed by atoms with E-state index in [0.29, 0.717) is 17.2 Å². The smallest absolute Gasteiger partial charge is 0.159 e. The summed E-state index contributed by atoms with van der Waals surface area (Å²) in [5, 5.41) is 4.27. The summed E-state index contributed by atoms with van der Waals surface area (Å²) in [4.78, 5) is 20.8. The second-order valence-electron chi connectivity index (χ2n) is 7.10. The number of anilines is 2. The van der Waals surface area contributed by atoms with Crippen molar-refractivity contribution < 1.29 is 9.18 Å². The van der Waals surface area contributed by atoms with Gasteiger partial charge in [0.15, 0.2) is 11.4 Å². The molecule has 0 amide bonds. The highest BCUT2D eigenvalue weighted by Crippen LogP contribution is 2.33. The Morgan fingerprint density at radius 2 is 1.62 bits per heavy atom. The maximum atomic E-state index is 13.4. The van der Waals surface area contributed by atoms with Crippen molar-refractivity contribution in [1.82, 2.24) is 14.5 Å². The average molecular weight is 388 g/mol. The van der Waals surface area contributed by atoms with Gasteiger partial charge in [0.25, 0.3) is 0 Å². The summed E-state index contributed by atoms with van der Waals surface area (Å²) in [7, 11) is 0. The van der Waals surface area contributed by atoms with E-state index in [1.54, 1.807) is 31.2 Å². The summed E-state index contributed by atoms with van der Waals surface area (Å²) in [6.07, 6.45) is 0. The molecule has 0 radical (unpaired) electrons. The first-order valence-electron chi connectivity index (χ1n) is 9.35. The highest BCUT2D eigenvalue weighted by molar-refractivity contribution is 5.96. The van der Waals surface area contributed by atoms with Crippen LogP contribution in [0.2, 0.25) is 0 Å². The summed E-state index contributed by atoms with van der Waals surface area (Å²) in [5.74, 6) is 1.08. The molecule has 2 aromatic heterocycles. The van der Waals surface area contributed by atoms with Gasteiger partial charge in [-0.25, -0.2) is 14.4 Å². The van der Waals surface area contributed by atoms with E-state index >= 15 is 0 Å². The second kappa shape index (κ2) is 7.13. The lowest BCUT2D eigenvalue weighted by Crippen LogP contribution is -2.02. The number of hydrogen-bond donors (Lipinski definition) is 1. The first kappa shape index (κ1) is 18.8. The Morgan fingerprint density at radius 1 is 0.966 bits per heavy atom. The minimum atomic E-state index is -0.276. The molecule has 0 spiro atoms. The maximum Gasteiger partial charge on any atom is 0.159 e. The average Bonchev–Trinajstić information content (AvgIpc) is 2.93. The van der Waals surface area contributed by atoms with Gasteiger partial charge in [-0.1, -0.05) is 0 Å². The van der Waals surface area contributed by atoms with Crippen molar-refractivity contribution >= 4 is 28.3 Å². The predicted molar refractivity (Wildman–Crippen MR) is 113 cm³/mol. The van der Waals surface area contributed by atoms with Crippen LogP contribution in [0.5, 0.6) is 0 Å². The van der Waals surface area contributed by atoms with E-state index in [4.69, 9.17) is 0 Å². The largest absolute Gasteiger partial charge is 0.340 e. The molecule has 5 nitrogen and oxygen atoms in total. The molecule has 0 aliphatic heterocycles. The van der Waals surface area contributed by atoms with Crippen LogP contribution in [0.15, 0.2) is 48.5 Å². The molecule has 0 unspecified atom stereocenters. The number of aromatic nitrogens is 3. The number of rotatable bonds is 4. The fourth-order valence-corrected chi connectivity index (χ4v) is 3.49. The van der Waals surface area contributed by atoms with E-state index in [-0.39, 0.29) is 11.6 Å². The van der Waals surface area contributed by atoms with Gasteiger partial charge in [0, 0.05) is 22.6 Å². The quantitative estimate of drug-likeness (QED) is 0.474. The number of ketones is 1. The third-order valence-electron chi connectivity index (χ3n) is 5.11. The molecule has 1 N–H and O–H groups in total. The Kier molecular flexibility index (Phi) is 4.62. The van der Waals surface area contributed by atoms with Crippen LogP contribution < -0.4 is 5.32 Å². The lowest BCUT2D eigenvalue weighted by atomic mass is 10.1. The summed E-state index contributed by atoms with van der Waals surface area (Å²) < 4.78 is 15.4. The molecule has 0 bridgehead atoms. The summed E-state index contributed by atoms with van der Waals surface area (Å²) in [6.45, 7) is 7.43.